The van der Waals surface area contributed by atoms with Gasteiger partial charge in [0.15, 0.2) is 17.2 Å². The van der Waals surface area contributed by atoms with E-state index in [0.717, 1.165) is 0 Å². The molecule has 18 heavy (non-hydrogen) atoms. The van der Waals surface area contributed by atoms with E-state index in [4.69, 9.17) is 5.11 Å². The minimum Gasteiger partial charge on any atom is -0.477 e. The number of carboxylic acid groups (broad SMARTS) is 1. The molecule has 7 nitrogen and oxygen atoms in total. The fraction of sp³-hybridized carbons (Fsp3) is 0.0909. The molecule has 2 N–H and O–H groups in total. The summed E-state index contributed by atoms with van der Waals surface area (Å²) in [4.78, 5) is 26.0. The van der Waals surface area contributed by atoms with Crippen molar-refractivity contribution in [2.45, 2.75) is 0 Å². The third-order valence-corrected chi connectivity index (χ3v) is 2.24. The Bertz CT molecular complexity index is 606. The number of hydrogen-bond acceptors (Lipinski definition) is 4. The molecule has 2 rings (SSSR count). The second kappa shape index (κ2) is 4.66. The van der Waals surface area contributed by atoms with Crippen LogP contribution in [-0.4, -0.2) is 38.8 Å². The molecule has 0 saturated heterocycles. The molecular formula is C11H10N4O3. The first-order valence-electron chi connectivity index (χ1n) is 5.10. The van der Waals surface area contributed by atoms with Crippen LogP contribution in [-0.2, 0) is 0 Å². The van der Waals surface area contributed by atoms with Gasteiger partial charge in [0.05, 0.1) is 0 Å². The molecule has 7 heteroatoms. The zero-order valence-corrected chi connectivity index (χ0v) is 9.49. The fourth-order valence-corrected chi connectivity index (χ4v) is 1.37. The number of aromatic carboxylic acids is 1. The number of hydrogen-bond donors (Lipinski definition) is 2. The van der Waals surface area contributed by atoms with E-state index in [1.165, 1.54) is 23.9 Å². The zero-order chi connectivity index (χ0) is 13.1. The molecular weight excluding hydrogens is 236 g/mol. The van der Waals surface area contributed by atoms with Crippen molar-refractivity contribution in [2.75, 3.05) is 7.05 Å². The van der Waals surface area contributed by atoms with Gasteiger partial charge < -0.3 is 10.4 Å². The van der Waals surface area contributed by atoms with Gasteiger partial charge in [-0.3, -0.25) is 4.79 Å². The molecule has 0 atom stereocenters. The Morgan fingerprint density at radius 3 is 2.72 bits per heavy atom. The average Bonchev–Trinajstić information content (AvgIpc) is 2.87. The van der Waals surface area contributed by atoms with Crippen molar-refractivity contribution >= 4 is 11.9 Å². The van der Waals surface area contributed by atoms with Crippen LogP contribution in [0.3, 0.4) is 0 Å². The van der Waals surface area contributed by atoms with E-state index in [9.17, 15) is 9.59 Å². The Hall–Kier alpha value is -2.70. The normalized spacial score (nSPS) is 10.1. The number of nitrogens with one attached hydrogen (secondary N) is 1. The Morgan fingerprint density at radius 2 is 2.06 bits per heavy atom. The molecule has 0 fully saturated rings. The van der Waals surface area contributed by atoms with Crippen molar-refractivity contribution in [3.8, 4) is 5.82 Å². The molecule has 0 spiro atoms. The number of carbonyl (C=O) groups is 2. The van der Waals surface area contributed by atoms with E-state index < -0.39 is 5.97 Å². The van der Waals surface area contributed by atoms with Crippen LogP contribution in [0.2, 0.25) is 0 Å². The number of carboxylic acids is 1. The van der Waals surface area contributed by atoms with E-state index in [2.05, 4.69) is 15.4 Å². The summed E-state index contributed by atoms with van der Waals surface area (Å²) in [6, 6.07) is 6.07. The van der Waals surface area contributed by atoms with Gasteiger partial charge in [-0.15, -0.1) is 0 Å². The van der Waals surface area contributed by atoms with Crippen LogP contribution in [0.4, 0.5) is 0 Å². The van der Waals surface area contributed by atoms with E-state index in [-0.39, 0.29) is 17.3 Å². The Morgan fingerprint density at radius 1 is 1.28 bits per heavy atom. The summed E-state index contributed by atoms with van der Waals surface area (Å²) in [5.74, 6) is -1.09. The second-order valence-electron chi connectivity index (χ2n) is 3.41. The third kappa shape index (κ3) is 2.19. The number of aromatic nitrogens is 3. The summed E-state index contributed by atoms with van der Waals surface area (Å²) in [5, 5.41) is 15.3. The Balaban J connectivity index is 2.37. The van der Waals surface area contributed by atoms with Crippen LogP contribution in [0.1, 0.15) is 21.0 Å². The van der Waals surface area contributed by atoms with Gasteiger partial charge in [-0.1, -0.05) is 6.07 Å². The predicted molar refractivity (Wildman–Crippen MR) is 61.7 cm³/mol. The van der Waals surface area contributed by atoms with E-state index in [1.54, 1.807) is 18.3 Å². The molecule has 0 aliphatic heterocycles. The molecule has 0 aliphatic rings. The molecule has 92 valence electrons. The third-order valence-electron chi connectivity index (χ3n) is 2.24. The maximum atomic E-state index is 11.3. The van der Waals surface area contributed by atoms with Gasteiger partial charge in [-0.2, -0.15) is 5.10 Å². The largest absolute Gasteiger partial charge is 0.477 e. The summed E-state index contributed by atoms with van der Waals surface area (Å²) in [6.45, 7) is 0. The van der Waals surface area contributed by atoms with Crippen molar-refractivity contribution in [1.82, 2.24) is 20.1 Å². The summed E-state index contributed by atoms with van der Waals surface area (Å²) in [7, 11) is 1.50. The first-order valence-corrected chi connectivity index (χ1v) is 5.10. The molecule has 0 saturated carbocycles. The number of rotatable bonds is 3. The first-order chi connectivity index (χ1) is 8.61. The lowest BCUT2D eigenvalue weighted by molar-refractivity contribution is 0.0690. The van der Waals surface area contributed by atoms with E-state index in [0.29, 0.717) is 5.82 Å². The summed E-state index contributed by atoms with van der Waals surface area (Å²) in [5.41, 5.74) is 0.157. The van der Waals surface area contributed by atoms with Crippen molar-refractivity contribution in [2.24, 2.45) is 0 Å². The maximum Gasteiger partial charge on any atom is 0.354 e. The van der Waals surface area contributed by atoms with Crippen molar-refractivity contribution < 1.29 is 14.7 Å². The van der Waals surface area contributed by atoms with Gasteiger partial charge in [0.25, 0.3) is 5.91 Å². The van der Waals surface area contributed by atoms with Gasteiger partial charge in [-0.05, 0) is 18.2 Å². The lowest BCUT2D eigenvalue weighted by atomic mass is 10.3. The first kappa shape index (κ1) is 11.8. The number of nitrogens with zero attached hydrogens (tertiary/aromatic N) is 3. The Labute approximate surface area is 102 Å². The fourth-order valence-electron chi connectivity index (χ4n) is 1.37. The van der Waals surface area contributed by atoms with Crippen LogP contribution >= 0.6 is 0 Å². The smallest absolute Gasteiger partial charge is 0.354 e. The lowest BCUT2D eigenvalue weighted by Crippen LogP contribution is -2.18. The lowest BCUT2D eigenvalue weighted by Gasteiger charge is -2.01. The average molecular weight is 246 g/mol. The minimum absolute atomic E-state index is 0.0792. The summed E-state index contributed by atoms with van der Waals surface area (Å²) in [6.07, 6.45) is 1.54. The van der Waals surface area contributed by atoms with Crippen LogP contribution in [0, 0.1) is 0 Å². The minimum atomic E-state index is -1.12. The van der Waals surface area contributed by atoms with Gasteiger partial charge in [-0.25, -0.2) is 14.5 Å². The maximum absolute atomic E-state index is 11.3. The standard InChI is InChI=1S/C11H10N4O3/c1-12-10(16)7-5-6-15(14-7)9-4-2-3-8(13-9)11(17)18/h2-6H,1H3,(H,12,16)(H,17,18). The highest BCUT2D eigenvalue weighted by Gasteiger charge is 2.10. The molecule has 2 aromatic rings. The molecule has 0 bridgehead atoms. The molecule has 0 aliphatic carbocycles. The SMILES string of the molecule is CNC(=O)c1ccn(-c2cccc(C(=O)O)n2)n1. The van der Waals surface area contributed by atoms with Crippen molar-refractivity contribution in [3.63, 3.8) is 0 Å². The predicted octanol–water partition coefficient (Wildman–Crippen LogP) is 0.325. The van der Waals surface area contributed by atoms with Crippen LogP contribution in [0.15, 0.2) is 30.5 Å². The summed E-state index contributed by atoms with van der Waals surface area (Å²) < 4.78 is 1.34. The molecule has 2 aromatic heterocycles. The molecule has 0 radical (unpaired) electrons. The highest BCUT2D eigenvalue weighted by atomic mass is 16.4. The Kier molecular flexibility index (Phi) is 3.05. The van der Waals surface area contributed by atoms with Crippen LogP contribution in [0.25, 0.3) is 5.82 Å². The monoisotopic (exact) mass is 246 g/mol. The van der Waals surface area contributed by atoms with Gasteiger partial charge in [0, 0.05) is 13.2 Å². The number of carbonyl (C=O) groups excluding carboxylic acids is 1. The number of pyridine rings is 1. The molecule has 2 heterocycles. The highest BCUT2D eigenvalue weighted by molar-refractivity contribution is 5.91. The van der Waals surface area contributed by atoms with Crippen LogP contribution < -0.4 is 5.32 Å². The quantitative estimate of drug-likeness (QED) is 0.813. The van der Waals surface area contributed by atoms with Crippen LogP contribution in [0.5, 0.6) is 0 Å². The van der Waals surface area contributed by atoms with Crippen molar-refractivity contribution in [3.05, 3.63) is 41.9 Å². The molecule has 0 aromatic carbocycles. The highest BCUT2D eigenvalue weighted by Crippen LogP contribution is 2.06. The van der Waals surface area contributed by atoms with Crippen molar-refractivity contribution in [1.29, 1.82) is 0 Å². The van der Waals surface area contributed by atoms with Gasteiger partial charge in [0.1, 0.15) is 0 Å². The topological polar surface area (TPSA) is 97.1 Å². The summed E-state index contributed by atoms with van der Waals surface area (Å²) >= 11 is 0. The van der Waals surface area contributed by atoms with Gasteiger partial charge >= 0.3 is 5.97 Å². The van der Waals surface area contributed by atoms with E-state index in [1.807, 2.05) is 0 Å². The van der Waals surface area contributed by atoms with Gasteiger partial charge in [0.2, 0.25) is 0 Å². The van der Waals surface area contributed by atoms with E-state index >= 15 is 0 Å². The molecule has 0 unspecified atom stereocenters. The number of amides is 1. The second-order valence-corrected chi connectivity index (χ2v) is 3.41. The zero-order valence-electron chi connectivity index (χ0n) is 9.49. The molecule has 1 amide bonds.